The van der Waals surface area contributed by atoms with Crippen molar-refractivity contribution in [1.82, 2.24) is 4.90 Å². The Kier molecular flexibility index (Phi) is 4.19. The standard InChI is InChI=1S/C12H20N2O4/c13-10(5-11(15)16)12(17)14-3-1-8(2-4-14)9-6-18-7-9/h8-10H,1-7,13H2,(H,15,16)/t10-/m0/s1. The molecule has 2 aliphatic rings. The van der Waals surface area contributed by atoms with E-state index in [9.17, 15) is 9.59 Å². The molecule has 0 radical (unpaired) electrons. The van der Waals surface area contributed by atoms with Gasteiger partial charge in [0.25, 0.3) is 0 Å². The Morgan fingerprint density at radius 2 is 1.89 bits per heavy atom. The Balaban J connectivity index is 1.77. The fraction of sp³-hybridized carbons (Fsp3) is 0.833. The maximum atomic E-state index is 11.9. The number of carbonyl (C=O) groups is 2. The number of piperidine rings is 1. The van der Waals surface area contributed by atoms with Crippen LogP contribution in [0.5, 0.6) is 0 Å². The van der Waals surface area contributed by atoms with Gasteiger partial charge in [-0.2, -0.15) is 0 Å². The molecule has 6 nitrogen and oxygen atoms in total. The maximum Gasteiger partial charge on any atom is 0.305 e. The van der Waals surface area contributed by atoms with Crippen LogP contribution in [0.15, 0.2) is 0 Å². The van der Waals surface area contributed by atoms with E-state index in [0.29, 0.717) is 24.9 Å². The van der Waals surface area contributed by atoms with Crippen LogP contribution >= 0.6 is 0 Å². The number of nitrogens with zero attached hydrogens (tertiary/aromatic N) is 1. The van der Waals surface area contributed by atoms with Crippen LogP contribution in [0, 0.1) is 11.8 Å². The summed E-state index contributed by atoms with van der Waals surface area (Å²) in [5.74, 6) is 0.0199. The third-order valence-electron chi connectivity index (χ3n) is 3.89. The van der Waals surface area contributed by atoms with E-state index < -0.39 is 12.0 Å². The third kappa shape index (κ3) is 3.00. The van der Waals surface area contributed by atoms with Gasteiger partial charge in [0, 0.05) is 19.0 Å². The number of rotatable bonds is 4. The quantitative estimate of drug-likeness (QED) is 0.718. The van der Waals surface area contributed by atoms with Gasteiger partial charge < -0.3 is 20.5 Å². The van der Waals surface area contributed by atoms with Gasteiger partial charge in [0.15, 0.2) is 0 Å². The Bertz CT molecular complexity index is 322. The lowest BCUT2D eigenvalue weighted by Gasteiger charge is -2.40. The van der Waals surface area contributed by atoms with Crippen LogP contribution in [0.25, 0.3) is 0 Å². The Hall–Kier alpha value is -1.14. The summed E-state index contributed by atoms with van der Waals surface area (Å²) in [6.45, 7) is 3.06. The molecule has 0 saturated carbocycles. The zero-order valence-electron chi connectivity index (χ0n) is 10.4. The second kappa shape index (κ2) is 5.67. The van der Waals surface area contributed by atoms with Crippen molar-refractivity contribution >= 4 is 11.9 Å². The summed E-state index contributed by atoms with van der Waals surface area (Å²) in [7, 11) is 0. The number of carboxylic acids is 1. The van der Waals surface area contributed by atoms with Crippen LogP contribution in [0.3, 0.4) is 0 Å². The van der Waals surface area contributed by atoms with Crippen LogP contribution < -0.4 is 5.73 Å². The number of hydrogen-bond donors (Lipinski definition) is 2. The van der Waals surface area contributed by atoms with Crippen molar-refractivity contribution in [2.75, 3.05) is 26.3 Å². The molecule has 2 fully saturated rings. The van der Waals surface area contributed by atoms with Crippen LogP contribution in [-0.2, 0) is 14.3 Å². The van der Waals surface area contributed by atoms with Crippen molar-refractivity contribution in [3.8, 4) is 0 Å². The summed E-state index contributed by atoms with van der Waals surface area (Å²) in [6, 6.07) is -0.911. The van der Waals surface area contributed by atoms with E-state index >= 15 is 0 Å². The fourth-order valence-corrected chi connectivity index (χ4v) is 2.63. The molecule has 2 heterocycles. The maximum absolute atomic E-state index is 11.9. The monoisotopic (exact) mass is 256 g/mol. The topological polar surface area (TPSA) is 92.9 Å². The molecular formula is C12H20N2O4. The zero-order chi connectivity index (χ0) is 13.1. The normalized spacial score (nSPS) is 23.5. The van der Waals surface area contributed by atoms with Crippen molar-refractivity contribution in [3.63, 3.8) is 0 Å². The summed E-state index contributed by atoms with van der Waals surface area (Å²) < 4.78 is 5.18. The largest absolute Gasteiger partial charge is 0.481 e. The first-order chi connectivity index (χ1) is 8.58. The Morgan fingerprint density at radius 3 is 2.33 bits per heavy atom. The smallest absolute Gasteiger partial charge is 0.305 e. The number of nitrogens with two attached hydrogens (primary N) is 1. The van der Waals surface area contributed by atoms with Crippen molar-refractivity contribution in [2.24, 2.45) is 17.6 Å². The highest BCUT2D eigenvalue weighted by Gasteiger charge is 2.33. The summed E-state index contributed by atoms with van der Waals surface area (Å²) >= 11 is 0. The van der Waals surface area contributed by atoms with Gasteiger partial charge in [-0.3, -0.25) is 9.59 Å². The second-order valence-electron chi connectivity index (χ2n) is 5.16. The van der Waals surface area contributed by atoms with Crippen molar-refractivity contribution in [3.05, 3.63) is 0 Å². The molecule has 2 rings (SSSR count). The van der Waals surface area contributed by atoms with Gasteiger partial charge in [0.2, 0.25) is 5.91 Å². The first-order valence-corrected chi connectivity index (χ1v) is 6.42. The first-order valence-electron chi connectivity index (χ1n) is 6.42. The molecule has 6 heteroatoms. The van der Waals surface area contributed by atoms with Gasteiger partial charge in [-0.05, 0) is 18.8 Å². The summed E-state index contributed by atoms with van der Waals surface area (Å²) in [4.78, 5) is 24.1. The van der Waals surface area contributed by atoms with E-state index in [2.05, 4.69) is 0 Å². The fourth-order valence-electron chi connectivity index (χ4n) is 2.63. The predicted octanol–water partition coefficient (Wildman–Crippen LogP) is -0.327. The highest BCUT2D eigenvalue weighted by Crippen LogP contribution is 2.30. The SMILES string of the molecule is N[C@@H](CC(=O)O)C(=O)N1CCC(C2COC2)CC1. The predicted molar refractivity (Wildman–Crippen MR) is 63.8 cm³/mol. The highest BCUT2D eigenvalue weighted by atomic mass is 16.5. The van der Waals surface area contributed by atoms with E-state index in [1.807, 2.05) is 0 Å². The van der Waals surface area contributed by atoms with E-state index in [-0.39, 0.29) is 12.3 Å². The number of carboxylic acid groups (broad SMARTS) is 1. The molecule has 1 atom stereocenters. The molecule has 0 aromatic rings. The molecule has 18 heavy (non-hydrogen) atoms. The van der Waals surface area contributed by atoms with Crippen LogP contribution in [0.1, 0.15) is 19.3 Å². The molecule has 0 aromatic heterocycles. The number of likely N-dealkylation sites (tertiary alicyclic amines) is 1. The lowest BCUT2D eigenvalue weighted by molar-refractivity contribution is -0.143. The number of carbonyl (C=O) groups excluding carboxylic acids is 1. The lowest BCUT2D eigenvalue weighted by atomic mass is 9.83. The summed E-state index contributed by atoms with van der Waals surface area (Å²) in [6.07, 6.45) is 1.65. The number of amides is 1. The molecule has 2 aliphatic heterocycles. The average molecular weight is 256 g/mol. The van der Waals surface area contributed by atoms with Gasteiger partial charge in [0.1, 0.15) is 0 Å². The lowest BCUT2D eigenvalue weighted by Crippen LogP contribution is -2.49. The van der Waals surface area contributed by atoms with Crippen LogP contribution in [0.2, 0.25) is 0 Å². The average Bonchev–Trinajstić information content (AvgIpc) is 2.26. The molecule has 3 N–H and O–H groups in total. The van der Waals surface area contributed by atoms with Gasteiger partial charge >= 0.3 is 5.97 Å². The van der Waals surface area contributed by atoms with E-state index in [1.165, 1.54) is 0 Å². The van der Waals surface area contributed by atoms with Crippen molar-refractivity contribution < 1.29 is 19.4 Å². The molecule has 1 amide bonds. The minimum atomic E-state index is -1.03. The second-order valence-corrected chi connectivity index (χ2v) is 5.16. The third-order valence-corrected chi connectivity index (χ3v) is 3.89. The number of hydrogen-bond acceptors (Lipinski definition) is 4. The van der Waals surface area contributed by atoms with Crippen LogP contribution in [-0.4, -0.2) is 54.2 Å². The molecule has 0 unspecified atom stereocenters. The summed E-state index contributed by atoms with van der Waals surface area (Å²) in [5, 5.41) is 8.62. The van der Waals surface area contributed by atoms with Crippen molar-refractivity contribution in [2.45, 2.75) is 25.3 Å². The van der Waals surface area contributed by atoms with Crippen molar-refractivity contribution in [1.29, 1.82) is 0 Å². The Morgan fingerprint density at radius 1 is 1.28 bits per heavy atom. The molecule has 102 valence electrons. The highest BCUT2D eigenvalue weighted by molar-refractivity contribution is 5.86. The molecule has 0 bridgehead atoms. The Labute approximate surface area is 106 Å². The van der Waals surface area contributed by atoms with Gasteiger partial charge in [-0.1, -0.05) is 0 Å². The number of aliphatic carboxylic acids is 1. The van der Waals surface area contributed by atoms with Gasteiger partial charge in [-0.25, -0.2) is 0 Å². The van der Waals surface area contributed by atoms with Gasteiger partial charge in [-0.15, -0.1) is 0 Å². The molecule has 0 aliphatic carbocycles. The molecule has 0 spiro atoms. The summed E-state index contributed by atoms with van der Waals surface area (Å²) in [5.41, 5.74) is 5.59. The van der Waals surface area contributed by atoms with Gasteiger partial charge in [0.05, 0.1) is 25.7 Å². The molecule has 0 aromatic carbocycles. The van der Waals surface area contributed by atoms with E-state index in [0.717, 1.165) is 26.1 Å². The molecular weight excluding hydrogens is 236 g/mol. The molecule has 2 saturated heterocycles. The minimum absolute atomic E-state index is 0.235. The van der Waals surface area contributed by atoms with E-state index in [1.54, 1.807) is 4.90 Å². The first kappa shape index (κ1) is 13.3. The van der Waals surface area contributed by atoms with E-state index in [4.69, 9.17) is 15.6 Å². The zero-order valence-corrected chi connectivity index (χ0v) is 10.4. The minimum Gasteiger partial charge on any atom is -0.481 e. The number of ether oxygens (including phenoxy) is 1. The van der Waals surface area contributed by atoms with Crippen LogP contribution in [0.4, 0.5) is 0 Å².